The molecule has 0 aliphatic rings. The Morgan fingerprint density at radius 2 is 0.772 bits per heavy atom. The van der Waals surface area contributed by atoms with Gasteiger partial charge in [-0.25, -0.2) is 0 Å². The van der Waals surface area contributed by atoms with E-state index < -0.39 is 0 Å². The van der Waals surface area contributed by atoms with Crippen LogP contribution in [0.5, 0.6) is 0 Å². The van der Waals surface area contributed by atoms with Crippen LogP contribution in [0.2, 0.25) is 0 Å². The SMILES string of the molecule is c1cc(-c2ccc3c4ccccc4c4nccnc4c3c2)cc(-c2cccc3c(-c4ccc(-c5cccc6c5sc5ccccc56)c5ccccc45)cccc23)c1. The summed E-state index contributed by atoms with van der Waals surface area (Å²) in [5.41, 5.74) is 11.7. The second kappa shape index (κ2) is 12.7. The van der Waals surface area contributed by atoms with Crippen LogP contribution in [0, 0.1) is 0 Å². The molecule has 10 aromatic carbocycles. The summed E-state index contributed by atoms with van der Waals surface area (Å²) in [6.45, 7) is 0. The Balaban J connectivity index is 0.988. The van der Waals surface area contributed by atoms with Crippen molar-refractivity contribution in [1.82, 2.24) is 9.97 Å². The van der Waals surface area contributed by atoms with E-state index in [9.17, 15) is 0 Å². The Labute approximate surface area is 333 Å². The first kappa shape index (κ1) is 32.1. The molecular formula is C54H32N2S. The molecule has 0 bridgehead atoms. The minimum absolute atomic E-state index is 0.934. The Kier molecular flexibility index (Phi) is 7.13. The second-order valence-corrected chi connectivity index (χ2v) is 15.9. The van der Waals surface area contributed by atoms with E-state index in [1.807, 2.05) is 11.3 Å². The first-order valence-electron chi connectivity index (χ1n) is 19.4. The number of hydrogen-bond acceptors (Lipinski definition) is 3. The van der Waals surface area contributed by atoms with Crippen molar-refractivity contribution < 1.29 is 0 Å². The van der Waals surface area contributed by atoms with Crippen LogP contribution in [0.4, 0.5) is 0 Å². The quantitative estimate of drug-likeness (QED) is 0.168. The molecule has 0 unspecified atom stereocenters. The van der Waals surface area contributed by atoms with Crippen LogP contribution < -0.4 is 0 Å². The minimum atomic E-state index is 0.934. The van der Waals surface area contributed by atoms with Gasteiger partial charge in [-0.15, -0.1) is 11.3 Å². The first-order chi connectivity index (χ1) is 28.3. The smallest absolute Gasteiger partial charge is 0.0971 e. The van der Waals surface area contributed by atoms with Crippen molar-refractivity contribution in [1.29, 1.82) is 0 Å². The highest BCUT2D eigenvalue weighted by Gasteiger charge is 2.17. The molecule has 12 rings (SSSR count). The maximum absolute atomic E-state index is 4.82. The van der Waals surface area contributed by atoms with Crippen molar-refractivity contribution in [3.05, 3.63) is 194 Å². The average molecular weight is 741 g/mol. The molecule has 2 nitrogen and oxygen atoms in total. The van der Waals surface area contributed by atoms with Gasteiger partial charge in [0, 0.05) is 48.9 Å². The molecule has 0 amide bonds. The van der Waals surface area contributed by atoms with Gasteiger partial charge < -0.3 is 0 Å². The van der Waals surface area contributed by atoms with Crippen molar-refractivity contribution >= 4 is 85.6 Å². The molecule has 0 spiro atoms. The van der Waals surface area contributed by atoms with Crippen LogP contribution >= 0.6 is 11.3 Å². The molecule has 0 aliphatic carbocycles. The summed E-state index contributed by atoms with van der Waals surface area (Å²) < 4.78 is 2.67. The fourth-order valence-corrected chi connectivity index (χ4v) is 10.4. The van der Waals surface area contributed by atoms with Gasteiger partial charge in [0.1, 0.15) is 0 Å². The van der Waals surface area contributed by atoms with E-state index in [2.05, 4.69) is 182 Å². The fraction of sp³-hybridized carbons (Fsp3) is 0. The summed E-state index contributed by atoms with van der Waals surface area (Å²) in [4.78, 5) is 9.59. The van der Waals surface area contributed by atoms with Crippen LogP contribution in [0.3, 0.4) is 0 Å². The van der Waals surface area contributed by atoms with E-state index in [0.717, 1.165) is 27.4 Å². The lowest BCUT2D eigenvalue weighted by molar-refractivity contribution is 1.31. The van der Waals surface area contributed by atoms with Crippen LogP contribution in [-0.4, -0.2) is 9.97 Å². The average Bonchev–Trinajstić information content (AvgIpc) is 3.67. The first-order valence-corrected chi connectivity index (χ1v) is 20.2. The van der Waals surface area contributed by atoms with E-state index >= 15 is 0 Å². The van der Waals surface area contributed by atoms with Crippen molar-refractivity contribution in [2.24, 2.45) is 0 Å². The predicted molar refractivity (Wildman–Crippen MR) is 244 cm³/mol. The normalized spacial score (nSPS) is 11.9. The van der Waals surface area contributed by atoms with E-state index in [-0.39, 0.29) is 0 Å². The van der Waals surface area contributed by atoms with Crippen LogP contribution in [0.15, 0.2) is 194 Å². The predicted octanol–water partition coefficient (Wildman–Crippen LogP) is 15.3. The lowest BCUT2D eigenvalue weighted by Gasteiger charge is -2.16. The van der Waals surface area contributed by atoms with E-state index in [1.165, 1.54) is 91.4 Å². The zero-order valence-electron chi connectivity index (χ0n) is 30.8. The van der Waals surface area contributed by atoms with Crippen molar-refractivity contribution in [2.75, 3.05) is 0 Å². The fourth-order valence-electron chi connectivity index (χ4n) is 9.20. The van der Waals surface area contributed by atoms with Gasteiger partial charge in [-0.3, -0.25) is 9.97 Å². The summed E-state index contributed by atoms with van der Waals surface area (Å²) in [6, 6.07) is 66.8. The second-order valence-electron chi connectivity index (χ2n) is 14.8. The third-order valence-corrected chi connectivity index (χ3v) is 13.0. The van der Waals surface area contributed by atoms with E-state index in [4.69, 9.17) is 9.97 Å². The maximum Gasteiger partial charge on any atom is 0.0971 e. The van der Waals surface area contributed by atoms with E-state index in [0.29, 0.717) is 0 Å². The highest BCUT2D eigenvalue weighted by molar-refractivity contribution is 7.26. The molecule has 264 valence electrons. The van der Waals surface area contributed by atoms with Gasteiger partial charge in [0.2, 0.25) is 0 Å². The number of aromatic nitrogens is 2. The summed E-state index contributed by atoms with van der Waals surface area (Å²) in [5, 5.41) is 12.3. The molecule has 3 heteroatoms. The maximum atomic E-state index is 4.82. The molecule has 0 atom stereocenters. The summed E-state index contributed by atoms with van der Waals surface area (Å²) in [7, 11) is 0. The molecule has 12 aromatic rings. The zero-order chi connectivity index (χ0) is 37.5. The van der Waals surface area contributed by atoms with E-state index in [1.54, 1.807) is 12.4 Å². The number of fused-ring (bicyclic) bond motifs is 11. The number of thiophene rings is 1. The molecule has 0 radical (unpaired) electrons. The lowest BCUT2D eigenvalue weighted by atomic mass is 9.88. The van der Waals surface area contributed by atoms with Crippen LogP contribution in [0.25, 0.3) is 119 Å². The summed E-state index contributed by atoms with van der Waals surface area (Å²) in [5.74, 6) is 0. The van der Waals surface area contributed by atoms with Crippen molar-refractivity contribution in [3.8, 4) is 44.5 Å². The molecule has 0 aliphatic heterocycles. The Bertz CT molecular complexity index is 3560. The number of rotatable bonds is 4. The lowest BCUT2D eigenvalue weighted by Crippen LogP contribution is -1.90. The minimum Gasteiger partial charge on any atom is -0.252 e. The van der Waals surface area contributed by atoms with Gasteiger partial charge in [0.15, 0.2) is 0 Å². The highest BCUT2D eigenvalue weighted by atomic mass is 32.1. The monoisotopic (exact) mass is 740 g/mol. The molecule has 0 fully saturated rings. The van der Waals surface area contributed by atoms with Crippen molar-refractivity contribution in [2.45, 2.75) is 0 Å². The molecule has 2 heterocycles. The van der Waals surface area contributed by atoms with Gasteiger partial charge in [0.05, 0.1) is 11.0 Å². The van der Waals surface area contributed by atoms with Gasteiger partial charge in [-0.05, 0) is 89.5 Å². The third kappa shape index (κ3) is 4.96. The molecule has 2 aromatic heterocycles. The van der Waals surface area contributed by atoms with Crippen LogP contribution in [0.1, 0.15) is 0 Å². The summed E-state index contributed by atoms with van der Waals surface area (Å²) in [6.07, 6.45) is 3.58. The topological polar surface area (TPSA) is 25.8 Å². The van der Waals surface area contributed by atoms with Gasteiger partial charge in [0.25, 0.3) is 0 Å². The number of nitrogens with zero attached hydrogens (tertiary/aromatic N) is 2. The Hall–Kier alpha value is -7.20. The molecule has 0 N–H and O–H groups in total. The largest absolute Gasteiger partial charge is 0.252 e. The third-order valence-electron chi connectivity index (χ3n) is 11.8. The standard InChI is InChI=1S/C54H32N2S/c1-2-14-39-38(13-1)43(27-28-44(39)48-22-10-23-49-46-16-5-6-24-51(46)57-54(48)49)41-21-9-19-37-36(18-8-20-40(37)41)35-12-7-11-33(31-35)34-25-26-45-42-15-3-4-17-47(42)52-53(50(45)32-34)56-30-29-55-52/h1-32H. The zero-order valence-corrected chi connectivity index (χ0v) is 31.6. The summed E-state index contributed by atoms with van der Waals surface area (Å²) >= 11 is 1.89. The molecule has 0 saturated heterocycles. The Morgan fingerprint density at radius 3 is 1.54 bits per heavy atom. The number of hydrogen-bond donors (Lipinski definition) is 0. The molecule has 57 heavy (non-hydrogen) atoms. The number of benzene rings is 10. The van der Waals surface area contributed by atoms with Crippen molar-refractivity contribution in [3.63, 3.8) is 0 Å². The van der Waals surface area contributed by atoms with Gasteiger partial charge in [-0.1, -0.05) is 164 Å². The van der Waals surface area contributed by atoms with Crippen LogP contribution in [-0.2, 0) is 0 Å². The molecular weight excluding hydrogens is 709 g/mol. The Morgan fingerprint density at radius 1 is 0.281 bits per heavy atom. The van der Waals surface area contributed by atoms with Gasteiger partial charge >= 0.3 is 0 Å². The highest BCUT2D eigenvalue weighted by Crippen LogP contribution is 2.45. The molecule has 0 saturated carbocycles. The van der Waals surface area contributed by atoms with Gasteiger partial charge in [-0.2, -0.15) is 0 Å².